The topological polar surface area (TPSA) is 161 Å². The summed E-state index contributed by atoms with van der Waals surface area (Å²) in [6.07, 6.45) is 1.72. The number of carboxylic acid groups (broad SMARTS) is 2. The number of nitrogens with zero attached hydrogens (tertiary/aromatic N) is 2. The predicted molar refractivity (Wildman–Crippen MR) is 150 cm³/mol. The molecular weight excluding hydrogens is 522 g/mol. The molecule has 0 radical (unpaired) electrons. The van der Waals surface area contributed by atoms with Gasteiger partial charge in [0.05, 0.1) is 26.9 Å². The lowest BCUT2D eigenvalue weighted by Gasteiger charge is -2.26. The predicted octanol–water partition coefficient (Wildman–Crippen LogP) is 2.96. The number of amides is 1. The van der Waals surface area contributed by atoms with Crippen LogP contribution in [0.4, 0.5) is 0 Å². The molecule has 1 fully saturated rings. The molecule has 1 unspecified atom stereocenters. The Morgan fingerprint density at radius 1 is 0.975 bits per heavy atom. The van der Waals surface area contributed by atoms with Gasteiger partial charge in [0.25, 0.3) is 17.8 Å². The highest BCUT2D eigenvalue weighted by atomic mass is 16.5. The van der Waals surface area contributed by atoms with Crippen molar-refractivity contribution < 1.29 is 43.5 Å². The molecule has 0 saturated carbocycles. The highest BCUT2D eigenvalue weighted by Crippen LogP contribution is 2.48. The number of rotatable bonds is 9. The zero-order chi connectivity index (χ0) is 30.4. The van der Waals surface area contributed by atoms with E-state index in [1.54, 1.807) is 11.0 Å². The summed E-state index contributed by atoms with van der Waals surface area (Å²) in [6, 6.07) is 9.44. The molecule has 1 aliphatic rings. The second kappa shape index (κ2) is 16.8. The minimum atomic E-state index is -0.833. The minimum absolute atomic E-state index is 0.129. The zero-order valence-electron chi connectivity index (χ0n) is 24.2. The Kier molecular flexibility index (Phi) is 14.3. The van der Waals surface area contributed by atoms with E-state index in [2.05, 4.69) is 11.9 Å². The quantitative estimate of drug-likeness (QED) is 0.411. The van der Waals surface area contributed by atoms with Crippen LogP contribution >= 0.6 is 0 Å². The fraction of sp³-hybridized carbons (Fsp3) is 0.464. The molecule has 12 heteroatoms. The number of benzene rings is 2. The van der Waals surface area contributed by atoms with E-state index in [1.807, 2.05) is 31.3 Å². The molecule has 1 saturated heterocycles. The molecule has 0 bridgehead atoms. The van der Waals surface area contributed by atoms with Crippen LogP contribution in [0.25, 0.3) is 0 Å². The summed E-state index contributed by atoms with van der Waals surface area (Å²) < 4.78 is 22.9. The Morgan fingerprint density at radius 2 is 1.50 bits per heavy atom. The van der Waals surface area contributed by atoms with E-state index in [9.17, 15) is 4.79 Å². The smallest absolute Gasteiger partial charge is 0.300 e. The minimum Gasteiger partial charge on any atom is -0.492 e. The van der Waals surface area contributed by atoms with Gasteiger partial charge in [0, 0.05) is 39.5 Å². The van der Waals surface area contributed by atoms with E-state index < -0.39 is 11.9 Å². The van der Waals surface area contributed by atoms with Gasteiger partial charge in [-0.25, -0.2) is 0 Å². The van der Waals surface area contributed by atoms with E-state index in [4.69, 9.17) is 44.5 Å². The summed E-state index contributed by atoms with van der Waals surface area (Å²) in [5.41, 5.74) is 7.11. The number of carbonyl (C=O) groups excluding carboxylic acids is 1. The number of methoxy groups -OCH3 is 3. The first-order valence-corrected chi connectivity index (χ1v) is 12.5. The lowest BCUT2D eigenvalue weighted by molar-refractivity contribution is -0.135. The molecule has 2 aromatic rings. The number of ether oxygens (including phenoxy) is 4. The number of aliphatic carboxylic acids is 2. The fourth-order valence-electron chi connectivity index (χ4n) is 4.02. The van der Waals surface area contributed by atoms with Gasteiger partial charge in [0.2, 0.25) is 11.5 Å². The summed E-state index contributed by atoms with van der Waals surface area (Å²) in [7, 11) is 8.42. The maximum atomic E-state index is 13.5. The van der Waals surface area contributed by atoms with Crippen LogP contribution in [0.15, 0.2) is 30.3 Å². The highest BCUT2D eigenvalue weighted by molar-refractivity contribution is 5.99. The van der Waals surface area contributed by atoms with Crippen LogP contribution in [-0.4, -0.2) is 99.0 Å². The third-order valence-electron chi connectivity index (χ3n) is 5.82. The number of carbonyl (C=O) groups is 3. The van der Waals surface area contributed by atoms with E-state index in [0.29, 0.717) is 40.9 Å². The van der Waals surface area contributed by atoms with Gasteiger partial charge in [-0.3, -0.25) is 14.4 Å². The lowest BCUT2D eigenvalue weighted by Crippen LogP contribution is -2.38. The van der Waals surface area contributed by atoms with Gasteiger partial charge in [-0.2, -0.15) is 0 Å². The second-order valence-corrected chi connectivity index (χ2v) is 8.97. The standard InChI is InChI=1S/C24H33N3O5.2C2H4O2/c1-26-13-11-17(15-26)27(2)24(28)19-14-20(22(30-4)23(31-5)21(19)29-3)32-18-8-6-16(7-9-18)10-12-25;2*1-2(3)4/h6-9,14,17H,10-13,15,25H2,1-5H3;2*1H3,(H,3,4). The molecule has 1 heterocycles. The molecule has 222 valence electrons. The number of carboxylic acids is 2. The van der Waals surface area contributed by atoms with Crippen molar-refractivity contribution in [3.63, 3.8) is 0 Å². The van der Waals surface area contributed by atoms with Crippen molar-refractivity contribution in [3.8, 4) is 28.7 Å². The van der Waals surface area contributed by atoms with Gasteiger partial charge >= 0.3 is 0 Å². The SMILES string of the molecule is CC(=O)O.CC(=O)O.COc1c(Oc2ccc(CCN)cc2)cc(C(=O)N(C)C2CCN(C)C2)c(OC)c1OC. The number of hydrogen-bond acceptors (Lipinski definition) is 9. The third kappa shape index (κ3) is 10.3. The Balaban J connectivity index is 0.000000883. The van der Waals surface area contributed by atoms with Gasteiger partial charge in [-0.15, -0.1) is 0 Å². The molecule has 12 nitrogen and oxygen atoms in total. The largest absolute Gasteiger partial charge is 0.492 e. The molecule has 1 amide bonds. The monoisotopic (exact) mass is 563 g/mol. The van der Waals surface area contributed by atoms with Crippen molar-refractivity contribution in [1.82, 2.24) is 9.80 Å². The fourth-order valence-corrected chi connectivity index (χ4v) is 4.02. The maximum absolute atomic E-state index is 13.5. The van der Waals surface area contributed by atoms with Crippen LogP contribution in [0.1, 0.15) is 36.2 Å². The Labute approximate surface area is 235 Å². The molecular formula is C28H41N3O9. The summed E-state index contributed by atoms with van der Waals surface area (Å²) in [5.74, 6) is 0.143. The first-order valence-electron chi connectivity index (χ1n) is 12.5. The molecule has 0 aliphatic carbocycles. The average Bonchev–Trinajstić information content (AvgIpc) is 3.33. The highest BCUT2D eigenvalue weighted by Gasteiger charge is 2.32. The van der Waals surface area contributed by atoms with Gasteiger partial charge in [0.15, 0.2) is 11.5 Å². The van der Waals surface area contributed by atoms with Crippen molar-refractivity contribution >= 4 is 17.8 Å². The first kappa shape index (κ1) is 34.0. The second-order valence-electron chi connectivity index (χ2n) is 8.97. The molecule has 1 aliphatic heterocycles. The Bertz CT molecular complexity index is 1100. The van der Waals surface area contributed by atoms with Crippen LogP contribution in [0, 0.1) is 0 Å². The van der Waals surface area contributed by atoms with Crippen molar-refractivity contribution in [1.29, 1.82) is 0 Å². The van der Waals surface area contributed by atoms with Crippen LogP contribution in [0.5, 0.6) is 28.7 Å². The lowest BCUT2D eigenvalue weighted by atomic mass is 10.1. The molecule has 0 spiro atoms. The van der Waals surface area contributed by atoms with Crippen LogP contribution in [0.2, 0.25) is 0 Å². The van der Waals surface area contributed by atoms with Gasteiger partial charge in [-0.1, -0.05) is 12.1 Å². The van der Waals surface area contributed by atoms with Gasteiger partial charge < -0.3 is 44.7 Å². The van der Waals surface area contributed by atoms with Crippen LogP contribution < -0.4 is 24.7 Å². The number of hydrogen-bond donors (Lipinski definition) is 3. The van der Waals surface area contributed by atoms with E-state index >= 15 is 0 Å². The van der Waals surface area contributed by atoms with Crippen LogP contribution in [-0.2, 0) is 16.0 Å². The normalized spacial score (nSPS) is 14.1. The number of likely N-dealkylation sites (tertiary alicyclic amines) is 1. The van der Waals surface area contributed by atoms with E-state index in [0.717, 1.165) is 45.3 Å². The first-order chi connectivity index (χ1) is 18.9. The molecule has 1 atom stereocenters. The third-order valence-corrected chi connectivity index (χ3v) is 5.82. The maximum Gasteiger partial charge on any atom is 0.300 e. The molecule has 3 rings (SSSR count). The van der Waals surface area contributed by atoms with Crippen molar-refractivity contribution in [3.05, 3.63) is 41.5 Å². The van der Waals surface area contributed by atoms with Crippen molar-refractivity contribution in [2.24, 2.45) is 5.73 Å². The molecule has 40 heavy (non-hydrogen) atoms. The summed E-state index contributed by atoms with van der Waals surface area (Å²) in [4.78, 5) is 35.4. The van der Waals surface area contributed by atoms with Gasteiger partial charge in [-0.05, 0) is 50.7 Å². The molecule has 2 aromatic carbocycles. The zero-order valence-corrected chi connectivity index (χ0v) is 24.2. The summed E-state index contributed by atoms with van der Waals surface area (Å²) >= 11 is 0. The number of likely N-dealkylation sites (N-methyl/N-ethyl adjacent to an activating group) is 2. The van der Waals surface area contributed by atoms with Gasteiger partial charge in [0.1, 0.15) is 5.75 Å². The van der Waals surface area contributed by atoms with Crippen molar-refractivity contribution in [2.75, 3.05) is 55.1 Å². The molecule has 4 N–H and O–H groups in total. The summed E-state index contributed by atoms with van der Waals surface area (Å²) in [6.45, 7) is 4.54. The van der Waals surface area contributed by atoms with E-state index in [1.165, 1.54) is 21.3 Å². The van der Waals surface area contributed by atoms with E-state index in [-0.39, 0.29) is 11.9 Å². The number of nitrogens with two attached hydrogens (primary N) is 1. The average molecular weight is 564 g/mol. The van der Waals surface area contributed by atoms with Crippen molar-refractivity contribution in [2.45, 2.75) is 32.7 Å². The Morgan fingerprint density at radius 3 is 1.93 bits per heavy atom. The van der Waals surface area contributed by atoms with Crippen LogP contribution in [0.3, 0.4) is 0 Å². The molecule has 0 aromatic heterocycles. The Hall–Kier alpha value is -4.03. The summed E-state index contributed by atoms with van der Waals surface area (Å²) in [5, 5.41) is 14.8.